The second kappa shape index (κ2) is 7.38. The summed E-state index contributed by atoms with van der Waals surface area (Å²) in [6, 6.07) is 8.45. The fourth-order valence-corrected chi connectivity index (χ4v) is 4.03. The highest BCUT2D eigenvalue weighted by Gasteiger charge is 2.34. The van der Waals surface area contributed by atoms with Crippen LogP contribution in [-0.2, 0) is 6.18 Å². The third-order valence-electron chi connectivity index (χ3n) is 4.93. The lowest BCUT2D eigenvalue weighted by Crippen LogP contribution is -2.14. The van der Waals surface area contributed by atoms with Crippen LogP contribution in [0.4, 0.5) is 18.3 Å². The SMILES string of the molecule is O=C(Nc1nc(-c2ccco2)cs1)c1cnn(-c2cccc(C(F)(F)F)c2)c1C1CC1. The molecule has 1 N–H and O–H groups in total. The van der Waals surface area contributed by atoms with Gasteiger partial charge in [0.1, 0.15) is 5.69 Å². The Kier molecular flexibility index (Phi) is 4.66. The summed E-state index contributed by atoms with van der Waals surface area (Å²) in [6.07, 6.45) is 0.177. The Hall–Kier alpha value is -3.40. The molecule has 158 valence electrons. The van der Waals surface area contributed by atoms with Crippen molar-refractivity contribution in [2.45, 2.75) is 24.9 Å². The maximum absolute atomic E-state index is 13.1. The Bertz CT molecular complexity index is 1240. The lowest BCUT2D eigenvalue weighted by molar-refractivity contribution is -0.137. The number of rotatable bonds is 5. The summed E-state index contributed by atoms with van der Waals surface area (Å²) in [6.45, 7) is 0. The maximum atomic E-state index is 13.1. The molecule has 3 aromatic heterocycles. The minimum atomic E-state index is -4.46. The molecule has 1 aliphatic carbocycles. The van der Waals surface area contributed by atoms with Gasteiger partial charge in [0.25, 0.3) is 5.91 Å². The molecule has 3 heterocycles. The first-order chi connectivity index (χ1) is 14.9. The molecule has 0 saturated heterocycles. The van der Waals surface area contributed by atoms with Gasteiger partial charge in [-0.3, -0.25) is 10.1 Å². The van der Waals surface area contributed by atoms with Crippen LogP contribution in [-0.4, -0.2) is 20.7 Å². The molecular formula is C21H15F3N4O2S. The molecule has 1 saturated carbocycles. The molecule has 1 fully saturated rings. The number of nitrogens with zero attached hydrogens (tertiary/aromatic N) is 3. The zero-order valence-electron chi connectivity index (χ0n) is 15.9. The number of amides is 1. The average Bonchev–Trinajstić information content (AvgIpc) is 3.15. The fraction of sp³-hybridized carbons (Fsp3) is 0.190. The molecule has 0 aliphatic heterocycles. The van der Waals surface area contributed by atoms with E-state index in [1.807, 2.05) is 0 Å². The van der Waals surface area contributed by atoms with E-state index in [9.17, 15) is 18.0 Å². The largest absolute Gasteiger partial charge is 0.463 e. The van der Waals surface area contributed by atoms with Gasteiger partial charge in [-0.05, 0) is 43.2 Å². The summed E-state index contributed by atoms with van der Waals surface area (Å²) in [4.78, 5) is 17.3. The third kappa shape index (κ3) is 3.86. The second-order valence-corrected chi connectivity index (χ2v) is 8.01. The van der Waals surface area contributed by atoms with Crippen LogP contribution in [0.1, 0.15) is 40.4 Å². The molecule has 0 unspecified atom stereocenters. The van der Waals surface area contributed by atoms with E-state index in [1.54, 1.807) is 23.6 Å². The molecule has 1 aliphatic rings. The summed E-state index contributed by atoms with van der Waals surface area (Å²) in [5.41, 5.74) is 1.05. The van der Waals surface area contributed by atoms with Crippen LogP contribution >= 0.6 is 11.3 Å². The minimum Gasteiger partial charge on any atom is -0.463 e. The van der Waals surface area contributed by atoms with E-state index in [0.29, 0.717) is 27.8 Å². The number of aromatic nitrogens is 3. The topological polar surface area (TPSA) is 73.0 Å². The Morgan fingerprint density at radius 3 is 2.77 bits per heavy atom. The summed E-state index contributed by atoms with van der Waals surface area (Å²) in [7, 11) is 0. The molecule has 10 heteroatoms. The van der Waals surface area contributed by atoms with E-state index in [1.165, 1.54) is 34.5 Å². The van der Waals surface area contributed by atoms with Crippen molar-refractivity contribution in [2.75, 3.05) is 5.32 Å². The highest BCUT2D eigenvalue weighted by atomic mass is 32.1. The number of anilines is 1. The number of thiazole rings is 1. The summed E-state index contributed by atoms with van der Waals surface area (Å²) in [5.74, 6) is 0.265. The highest BCUT2D eigenvalue weighted by Crippen LogP contribution is 2.43. The fourth-order valence-electron chi connectivity index (χ4n) is 3.34. The molecule has 1 aromatic carbocycles. The van der Waals surface area contributed by atoms with Crippen molar-refractivity contribution in [3.05, 3.63) is 71.1 Å². The Balaban J connectivity index is 1.44. The first kappa shape index (κ1) is 19.6. The zero-order valence-corrected chi connectivity index (χ0v) is 16.7. The third-order valence-corrected chi connectivity index (χ3v) is 5.69. The summed E-state index contributed by atoms with van der Waals surface area (Å²) in [5, 5.41) is 9.15. The lowest BCUT2D eigenvalue weighted by atomic mass is 10.1. The van der Waals surface area contributed by atoms with Gasteiger partial charge in [0, 0.05) is 11.3 Å². The van der Waals surface area contributed by atoms with Gasteiger partial charge in [-0.2, -0.15) is 18.3 Å². The first-order valence-corrected chi connectivity index (χ1v) is 10.3. The molecule has 4 aromatic rings. The molecule has 1 amide bonds. The van der Waals surface area contributed by atoms with E-state index in [2.05, 4.69) is 15.4 Å². The lowest BCUT2D eigenvalue weighted by Gasteiger charge is -2.12. The van der Waals surface area contributed by atoms with Crippen molar-refractivity contribution in [3.8, 4) is 17.1 Å². The van der Waals surface area contributed by atoms with Gasteiger partial charge < -0.3 is 4.42 Å². The van der Waals surface area contributed by atoms with Crippen LogP contribution in [0.3, 0.4) is 0 Å². The van der Waals surface area contributed by atoms with Gasteiger partial charge in [-0.15, -0.1) is 11.3 Å². The van der Waals surface area contributed by atoms with Crippen LogP contribution in [0.5, 0.6) is 0 Å². The van der Waals surface area contributed by atoms with Crippen molar-refractivity contribution in [2.24, 2.45) is 0 Å². The van der Waals surface area contributed by atoms with E-state index < -0.39 is 17.6 Å². The number of carbonyl (C=O) groups is 1. The quantitative estimate of drug-likeness (QED) is 0.426. The van der Waals surface area contributed by atoms with Gasteiger partial charge in [0.15, 0.2) is 10.9 Å². The van der Waals surface area contributed by atoms with Crippen LogP contribution in [0.2, 0.25) is 0 Å². The second-order valence-electron chi connectivity index (χ2n) is 7.15. The molecule has 5 rings (SSSR count). The van der Waals surface area contributed by atoms with Crippen LogP contribution in [0.15, 0.2) is 58.7 Å². The molecule has 0 spiro atoms. The van der Waals surface area contributed by atoms with Crippen LogP contribution in [0.25, 0.3) is 17.1 Å². The summed E-state index contributed by atoms with van der Waals surface area (Å²) < 4.78 is 46.1. The van der Waals surface area contributed by atoms with Gasteiger partial charge in [0.2, 0.25) is 0 Å². The smallest absolute Gasteiger partial charge is 0.416 e. The Morgan fingerprint density at radius 2 is 2.06 bits per heavy atom. The van der Waals surface area contributed by atoms with E-state index in [-0.39, 0.29) is 11.6 Å². The van der Waals surface area contributed by atoms with Crippen LogP contribution < -0.4 is 5.32 Å². The van der Waals surface area contributed by atoms with Gasteiger partial charge >= 0.3 is 6.18 Å². The first-order valence-electron chi connectivity index (χ1n) is 9.46. The number of halogens is 3. The van der Waals surface area contributed by atoms with Crippen molar-refractivity contribution in [1.29, 1.82) is 0 Å². The number of furan rings is 1. The van der Waals surface area contributed by atoms with Gasteiger partial charge in [-0.1, -0.05) is 6.07 Å². The van der Waals surface area contributed by atoms with Crippen LogP contribution in [0, 0.1) is 0 Å². The van der Waals surface area contributed by atoms with E-state index in [0.717, 1.165) is 25.0 Å². The molecule has 0 bridgehead atoms. The van der Waals surface area contributed by atoms with Gasteiger partial charge in [-0.25, -0.2) is 9.67 Å². The standard InChI is InChI=1S/C21H15F3N4O2S/c22-21(23,24)13-3-1-4-14(9-13)28-18(12-6-7-12)15(10-25-28)19(29)27-20-26-16(11-31-20)17-5-2-8-30-17/h1-5,8-12H,6-7H2,(H,26,27,29). The zero-order chi connectivity index (χ0) is 21.6. The maximum Gasteiger partial charge on any atom is 0.416 e. The Morgan fingerprint density at radius 1 is 1.23 bits per heavy atom. The number of alkyl halides is 3. The average molecular weight is 444 g/mol. The van der Waals surface area contributed by atoms with E-state index >= 15 is 0 Å². The van der Waals surface area contributed by atoms with E-state index in [4.69, 9.17) is 4.42 Å². The Labute approximate surface area is 178 Å². The predicted octanol–water partition coefficient (Wildman–Crippen LogP) is 5.74. The molecule has 31 heavy (non-hydrogen) atoms. The van der Waals surface area contributed by atoms with Crippen molar-refractivity contribution >= 4 is 22.4 Å². The minimum absolute atomic E-state index is 0.0766. The van der Waals surface area contributed by atoms with Crippen molar-refractivity contribution in [3.63, 3.8) is 0 Å². The van der Waals surface area contributed by atoms with Crippen molar-refractivity contribution in [1.82, 2.24) is 14.8 Å². The van der Waals surface area contributed by atoms with Gasteiger partial charge in [0.05, 0.1) is 35.0 Å². The molecule has 0 radical (unpaired) electrons. The summed E-state index contributed by atoms with van der Waals surface area (Å²) >= 11 is 1.25. The number of benzene rings is 1. The number of hydrogen-bond donors (Lipinski definition) is 1. The monoisotopic (exact) mass is 444 g/mol. The normalized spacial score (nSPS) is 14.0. The molecular weight excluding hydrogens is 429 g/mol. The highest BCUT2D eigenvalue weighted by molar-refractivity contribution is 7.14. The number of carbonyl (C=O) groups excluding carboxylic acids is 1. The molecule has 0 atom stereocenters. The predicted molar refractivity (Wildman–Crippen MR) is 108 cm³/mol. The number of nitrogens with one attached hydrogen (secondary N) is 1. The molecule has 6 nitrogen and oxygen atoms in total. The van der Waals surface area contributed by atoms with Crippen molar-refractivity contribution < 1.29 is 22.4 Å². The number of hydrogen-bond acceptors (Lipinski definition) is 5.